The Bertz CT molecular complexity index is 434. The van der Waals surface area contributed by atoms with Crippen LogP contribution >= 0.6 is 0 Å². The lowest BCUT2D eigenvalue weighted by atomic mass is 10.1. The average Bonchev–Trinajstić information content (AvgIpc) is 2.54. The number of rotatable bonds is 5. The Morgan fingerprint density at radius 2 is 2.06 bits per heavy atom. The summed E-state index contributed by atoms with van der Waals surface area (Å²) in [5.41, 5.74) is 1.65. The molecule has 0 radical (unpaired) electrons. The highest BCUT2D eigenvalue weighted by atomic mass is 16.5. The zero-order chi connectivity index (χ0) is 13.0. The molecule has 0 unspecified atom stereocenters. The average molecular weight is 239 g/mol. The van der Waals surface area contributed by atoms with Gasteiger partial charge in [-0.2, -0.15) is 0 Å². The van der Waals surface area contributed by atoms with Gasteiger partial charge >= 0.3 is 11.9 Å². The second-order valence-electron chi connectivity index (χ2n) is 3.71. The highest BCUT2D eigenvalue weighted by Gasteiger charge is 2.21. The van der Waals surface area contributed by atoms with E-state index in [2.05, 4.69) is 0 Å². The molecule has 0 aromatic carbocycles. The zero-order valence-corrected chi connectivity index (χ0v) is 10.3. The van der Waals surface area contributed by atoms with Crippen molar-refractivity contribution in [1.82, 2.24) is 4.57 Å². The molecule has 17 heavy (non-hydrogen) atoms. The molecule has 0 spiro atoms. The first-order valence-electron chi connectivity index (χ1n) is 5.58. The van der Waals surface area contributed by atoms with E-state index in [0.29, 0.717) is 17.8 Å². The van der Waals surface area contributed by atoms with Gasteiger partial charge in [-0.05, 0) is 26.3 Å². The van der Waals surface area contributed by atoms with Crippen LogP contribution in [0.2, 0.25) is 0 Å². The summed E-state index contributed by atoms with van der Waals surface area (Å²) < 4.78 is 6.72. The number of aromatic nitrogens is 1. The fraction of sp³-hybridized carbons (Fsp3) is 0.500. The molecule has 94 valence electrons. The summed E-state index contributed by atoms with van der Waals surface area (Å²) in [6.07, 6.45) is 1.61. The van der Waals surface area contributed by atoms with Gasteiger partial charge in [0.15, 0.2) is 0 Å². The van der Waals surface area contributed by atoms with Crippen LogP contribution in [-0.4, -0.2) is 28.2 Å². The van der Waals surface area contributed by atoms with Crippen LogP contribution in [0.1, 0.15) is 35.5 Å². The first-order valence-corrected chi connectivity index (χ1v) is 5.58. The lowest BCUT2D eigenvalue weighted by Gasteiger charge is -2.07. The van der Waals surface area contributed by atoms with E-state index in [0.717, 1.165) is 5.56 Å². The summed E-state index contributed by atoms with van der Waals surface area (Å²) in [5.74, 6) is -1.41. The molecular weight excluding hydrogens is 222 g/mol. The number of aliphatic carboxylic acids is 1. The van der Waals surface area contributed by atoms with Gasteiger partial charge in [-0.15, -0.1) is 0 Å². The van der Waals surface area contributed by atoms with Crippen molar-refractivity contribution in [2.24, 2.45) is 0 Å². The lowest BCUT2D eigenvalue weighted by Crippen LogP contribution is -2.13. The molecule has 0 aliphatic carbocycles. The molecule has 1 aromatic rings. The third-order valence-corrected chi connectivity index (χ3v) is 2.52. The number of hydrogen-bond donors (Lipinski definition) is 1. The summed E-state index contributed by atoms with van der Waals surface area (Å²) in [4.78, 5) is 22.6. The van der Waals surface area contributed by atoms with Gasteiger partial charge < -0.3 is 14.4 Å². The smallest absolute Gasteiger partial charge is 0.340 e. The number of ether oxygens (including phenoxy) is 1. The van der Waals surface area contributed by atoms with Crippen molar-refractivity contribution >= 4 is 11.9 Å². The van der Waals surface area contributed by atoms with Gasteiger partial charge in [-0.1, -0.05) is 0 Å². The Hall–Kier alpha value is -1.78. The molecule has 1 rings (SSSR count). The monoisotopic (exact) mass is 239 g/mol. The fourth-order valence-corrected chi connectivity index (χ4v) is 1.84. The first-order chi connectivity index (χ1) is 8.01. The van der Waals surface area contributed by atoms with E-state index in [1.807, 2.05) is 6.92 Å². The Morgan fingerprint density at radius 3 is 2.53 bits per heavy atom. The number of aryl methyl sites for hydroxylation is 2. The molecule has 5 heteroatoms. The van der Waals surface area contributed by atoms with Crippen molar-refractivity contribution in [3.8, 4) is 0 Å². The number of carbonyl (C=O) groups is 2. The summed E-state index contributed by atoms with van der Waals surface area (Å²) in [5, 5.41) is 8.87. The molecule has 1 aromatic heterocycles. The van der Waals surface area contributed by atoms with Gasteiger partial charge in [0.2, 0.25) is 0 Å². The van der Waals surface area contributed by atoms with Crippen LogP contribution < -0.4 is 0 Å². The molecule has 0 aliphatic rings. The fourth-order valence-electron chi connectivity index (χ4n) is 1.84. The van der Waals surface area contributed by atoms with E-state index in [1.165, 1.54) is 0 Å². The molecule has 0 amide bonds. The number of carboxylic acids is 1. The summed E-state index contributed by atoms with van der Waals surface area (Å²) in [7, 11) is 0. The van der Waals surface area contributed by atoms with Crippen molar-refractivity contribution in [1.29, 1.82) is 0 Å². The maximum atomic E-state index is 11.8. The molecule has 0 bridgehead atoms. The highest BCUT2D eigenvalue weighted by molar-refractivity contribution is 5.93. The van der Waals surface area contributed by atoms with E-state index < -0.39 is 11.9 Å². The van der Waals surface area contributed by atoms with Crippen molar-refractivity contribution in [3.63, 3.8) is 0 Å². The van der Waals surface area contributed by atoms with E-state index in [-0.39, 0.29) is 13.0 Å². The van der Waals surface area contributed by atoms with Gasteiger partial charge in [-0.3, -0.25) is 4.79 Å². The Balaban J connectivity index is 3.21. The number of esters is 1. The molecule has 0 saturated heterocycles. The molecule has 0 fully saturated rings. The SMILES string of the molecule is CCOC(=O)c1c(C)cn(CC)c1CC(=O)O. The quantitative estimate of drug-likeness (QED) is 0.793. The largest absolute Gasteiger partial charge is 0.481 e. The van der Waals surface area contributed by atoms with Gasteiger partial charge in [0, 0.05) is 18.4 Å². The summed E-state index contributed by atoms with van der Waals surface area (Å²) in [6, 6.07) is 0. The van der Waals surface area contributed by atoms with Crippen LogP contribution in [0.25, 0.3) is 0 Å². The second kappa shape index (κ2) is 5.52. The van der Waals surface area contributed by atoms with Crippen LogP contribution in [0, 0.1) is 6.92 Å². The maximum absolute atomic E-state index is 11.8. The minimum Gasteiger partial charge on any atom is -0.481 e. The number of carboxylic acid groups (broad SMARTS) is 1. The Labute approximate surface area is 100 Å². The Morgan fingerprint density at radius 1 is 1.41 bits per heavy atom. The van der Waals surface area contributed by atoms with Crippen LogP contribution in [0.5, 0.6) is 0 Å². The van der Waals surface area contributed by atoms with Crippen molar-refractivity contribution in [2.45, 2.75) is 33.7 Å². The number of nitrogens with zero attached hydrogens (tertiary/aromatic N) is 1. The molecule has 1 N–H and O–H groups in total. The minimum atomic E-state index is -0.955. The number of hydrogen-bond acceptors (Lipinski definition) is 3. The summed E-state index contributed by atoms with van der Waals surface area (Å²) in [6.45, 7) is 6.31. The second-order valence-corrected chi connectivity index (χ2v) is 3.71. The van der Waals surface area contributed by atoms with Gasteiger partial charge in [0.1, 0.15) is 0 Å². The van der Waals surface area contributed by atoms with Crippen LogP contribution in [0.15, 0.2) is 6.20 Å². The van der Waals surface area contributed by atoms with Gasteiger partial charge in [0.05, 0.1) is 18.6 Å². The third kappa shape index (κ3) is 2.87. The van der Waals surface area contributed by atoms with E-state index in [1.54, 1.807) is 24.6 Å². The highest BCUT2D eigenvalue weighted by Crippen LogP contribution is 2.19. The van der Waals surface area contributed by atoms with Crippen LogP contribution in [0.3, 0.4) is 0 Å². The molecule has 1 heterocycles. The topological polar surface area (TPSA) is 68.5 Å². The summed E-state index contributed by atoms with van der Waals surface area (Å²) >= 11 is 0. The van der Waals surface area contributed by atoms with Crippen molar-refractivity contribution < 1.29 is 19.4 Å². The van der Waals surface area contributed by atoms with Crippen LogP contribution in [-0.2, 0) is 22.5 Å². The van der Waals surface area contributed by atoms with Crippen LogP contribution in [0.4, 0.5) is 0 Å². The van der Waals surface area contributed by atoms with Gasteiger partial charge in [0.25, 0.3) is 0 Å². The predicted molar refractivity (Wildman–Crippen MR) is 62.1 cm³/mol. The van der Waals surface area contributed by atoms with Crippen molar-refractivity contribution in [3.05, 3.63) is 23.0 Å². The number of carbonyl (C=O) groups excluding carboxylic acids is 1. The standard InChI is InChI=1S/C12H17NO4/c1-4-13-7-8(3)11(12(16)17-5-2)9(13)6-10(14)15/h7H,4-6H2,1-3H3,(H,14,15). The van der Waals surface area contributed by atoms with Crippen molar-refractivity contribution in [2.75, 3.05) is 6.61 Å². The normalized spacial score (nSPS) is 10.3. The van der Waals surface area contributed by atoms with E-state index in [4.69, 9.17) is 9.84 Å². The molecule has 0 saturated carbocycles. The maximum Gasteiger partial charge on any atom is 0.340 e. The third-order valence-electron chi connectivity index (χ3n) is 2.52. The molecule has 5 nitrogen and oxygen atoms in total. The molecular formula is C12H17NO4. The Kier molecular flexibility index (Phi) is 4.31. The predicted octanol–water partition coefficient (Wildman–Crippen LogP) is 1.62. The van der Waals surface area contributed by atoms with E-state index in [9.17, 15) is 9.59 Å². The zero-order valence-electron chi connectivity index (χ0n) is 10.3. The van der Waals surface area contributed by atoms with E-state index >= 15 is 0 Å². The minimum absolute atomic E-state index is 0.171. The lowest BCUT2D eigenvalue weighted by molar-refractivity contribution is -0.136. The first kappa shape index (κ1) is 13.3. The molecule has 0 aliphatic heterocycles. The molecule has 0 atom stereocenters. The van der Waals surface area contributed by atoms with Gasteiger partial charge in [-0.25, -0.2) is 4.79 Å².